The number of carbonyl (C=O) groups excluding carboxylic acids is 4. The first-order chi connectivity index (χ1) is 18.0. The van der Waals surface area contributed by atoms with Crippen LogP contribution in [0.15, 0.2) is 60.0 Å². The Bertz CT molecular complexity index is 1190. The molecule has 0 aromatic heterocycles. The van der Waals surface area contributed by atoms with Crippen molar-refractivity contribution in [2.75, 3.05) is 7.11 Å². The monoisotopic (exact) mass is 538 g/mol. The van der Waals surface area contributed by atoms with Crippen LogP contribution in [-0.4, -0.2) is 58.1 Å². The number of hydrogen-bond acceptors (Lipinski definition) is 7. The van der Waals surface area contributed by atoms with Crippen molar-refractivity contribution < 1.29 is 28.7 Å². The third-order valence-corrected chi connectivity index (χ3v) is 7.35. The molecule has 0 fully saturated rings. The molecule has 0 radical (unpaired) electrons. The minimum Gasteiger partial charge on any atom is -0.497 e. The largest absolute Gasteiger partial charge is 0.497 e. The second-order valence-corrected chi connectivity index (χ2v) is 10.6. The van der Waals surface area contributed by atoms with Crippen LogP contribution in [0.2, 0.25) is 0 Å². The van der Waals surface area contributed by atoms with Gasteiger partial charge in [0, 0.05) is 18.9 Å². The maximum Gasteiger partial charge on any atom is 0.377 e. The molecular formula is C29H34N2O6S. The van der Waals surface area contributed by atoms with Crippen LogP contribution >= 0.6 is 11.8 Å². The predicted molar refractivity (Wildman–Crippen MR) is 147 cm³/mol. The fourth-order valence-electron chi connectivity index (χ4n) is 4.14. The van der Waals surface area contributed by atoms with E-state index >= 15 is 0 Å². The Balaban J connectivity index is 2.17. The second kappa shape index (κ2) is 12.8. The van der Waals surface area contributed by atoms with Crippen molar-refractivity contribution in [3.63, 3.8) is 0 Å². The Morgan fingerprint density at radius 3 is 2.16 bits per heavy atom. The smallest absolute Gasteiger partial charge is 0.377 e. The molecule has 38 heavy (non-hydrogen) atoms. The molecular weight excluding hydrogens is 504 g/mol. The maximum atomic E-state index is 14.0. The molecule has 2 aromatic rings. The summed E-state index contributed by atoms with van der Waals surface area (Å²) in [5.74, 6) is -2.28. The summed E-state index contributed by atoms with van der Waals surface area (Å²) in [5, 5.41) is 3.71. The van der Waals surface area contributed by atoms with Crippen molar-refractivity contribution in [3.05, 3.63) is 71.1 Å². The number of nitrogens with zero attached hydrogens (tertiary/aromatic N) is 2. The van der Waals surface area contributed by atoms with Gasteiger partial charge >= 0.3 is 5.97 Å². The summed E-state index contributed by atoms with van der Waals surface area (Å²) < 4.78 is 10.5. The molecule has 0 saturated heterocycles. The number of benzene rings is 2. The van der Waals surface area contributed by atoms with Crippen LogP contribution in [0, 0.1) is 5.92 Å². The van der Waals surface area contributed by atoms with Crippen LogP contribution in [-0.2, 0) is 30.3 Å². The van der Waals surface area contributed by atoms with Gasteiger partial charge in [-0.25, -0.2) is 14.8 Å². The highest BCUT2D eigenvalue weighted by molar-refractivity contribution is 8.03. The van der Waals surface area contributed by atoms with E-state index in [2.05, 4.69) is 0 Å². The van der Waals surface area contributed by atoms with E-state index in [1.54, 1.807) is 57.4 Å². The summed E-state index contributed by atoms with van der Waals surface area (Å²) in [6.07, 6.45) is -0.506. The van der Waals surface area contributed by atoms with Gasteiger partial charge in [0.1, 0.15) is 11.8 Å². The highest BCUT2D eigenvalue weighted by Gasteiger charge is 2.44. The number of hydrazine groups is 1. The Kier molecular flexibility index (Phi) is 9.74. The predicted octanol–water partition coefficient (Wildman–Crippen LogP) is 4.49. The summed E-state index contributed by atoms with van der Waals surface area (Å²) >= 11 is 1.36. The Hall–Kier alpha value is -3.59. The van der Waals surface area contributed by atoms with Crippen LogP contribution < -0.4 is 4.74 Å². The first kappa shape index (κ1) is 29.0. The average Bonchev–Trinajstić information content (AvgIpc) is 2.88. The number of carbonyl (C=O) groups is 4. The minimum atomic E-state index is -1.30. The van der Waals surface area contributed by atoms with Gasteiger partial charge in [-0.05, 0) is 55.0 Å². The zero-order valence-electron chi connectivity index (χ0n) is 22.5. The summed E-state index contributed by atoms with van der Waals surface area (Å²) in [7, 11) is 1.56. The summed E-state index contributed by atoms with van der Waals surface area (Å²) in [4.78, 5) is 53.7. The lowest BCUT2D eigenvalue weighted by Crippen LogP contribution is -2.60. The second-order valence-electron chi connectivity index (χ2n) is 9.57. The average molecular weight is 539 g/mol. The normalized spacial score (nSPS) is 16.2. The molecule has 1 heterocycles. The van der Waals surface area contributed by atoms with Gasteiger partial charge in [0.2, 0.25) is 5.91 Å². The van der Waals surface area contributed by atoms with E-state index < -0.39 is 35.1 Å². The van der Waals surface area contributed by atoms with Gasteiger partial charge in [-0.3, -0.25) is 14.4 Å². The number of Topliss-reactive ketones (excluding diaryl/α,β-unsaturated/α-hetero) is 1. The summed E-state index contributed by atoms with van der Waals surface area (Å²) in [5.41, 5.74) is 1.80. The van der Waals surface area contributed by atoms with Crippen LogP contribution in [0.3, 0.4) is 0 Å². The lowest BCUT2D eigenvalue weighted by molar-refractivity contribution is -0.169. The van der Waals surface area contributed by atoms with Gasteiger partial charge < -0.3 is 9.47 Å². The van der Waals surface area contributed by atoms with Crippen LogP contribution in [0.1, 0.15) is 45.7 Å². The summed E-state index contributed by atoms with van der Waals surface area (Å²) in [6.45, 7) is 8.41. The number of esters is 1. The van der Waals surface area contributed by atoms with Crippen molar-refractivity contribution in [1.29, 1.82) is 0 Å². The fraction of sp³-hybridized carbons (Fsp3) is 0.379. The molecule has 8 nitrogen and oxygen atoms in total. The first-order valence-corrected chi connectivity index (χ1v) is 13.4. The van der Waals surface area contributed by atoms with Crippen molar-refractivity contribution in [1.82, 2.24) is 10.0 Å². The number of rotatable bonds is 10. The highest BCUT2D eigenvalue weighted by atomic mass is 32.2. The lowest BCUT2D eigenvalue weighted by Gasteiger charge is -2.43. The van der Waals surface area contributed by atoms with Gasteiger partial charge in [-0.15, -0.1) is 11.8 Å². The van der Waals surface area contributed by atoms with Crippen LogP contribution in [0.5, 0.6) is 5.75 Å². The van der Waals surface area contributed by atoms with E-state index in [0.717, 1.165) is 10.6 Å². The van der Waals surface area contributed by atoms with Gasteiger partial charge in [0.05, 0.1) is 24.2 Å². The highest BCUT2D eigenvalue weighted by Crippen LogP contribution is 2.38. The molecule has 0 N–H and O–H groups in total. The van der Waals surface area contributed by atoms with Gasteiger partial charge in [-0.2, -0.15) is 0 Å². The number of ether oxygens (including phenoxy) is 2. The van der Waals surface area contributed by atoms with E-state index in [0.29, 0.717) is 17.0 Å². The van der Waals surface area contributed by atoms with Crippen molar-refractivity contribution in [3.8, 4) is 5.75 Å². The number of amides is 2. The number of hydrogen-bond donors (Lipinski definition) is 0. The van der Waals surface area contributed by atoms with Crippen molar-refractivity contribution in [2.45, 2.75) is 58.4 Å². The molecule has 9 heteroatoms. The fourth-order valence-corrected chi connectivity index (χ4v) is 5.18. The third-order valence-electron chi connectivity index (χ3n) is 5.95. The molecule has 202 valence electrons. The van der Waals surface area contributed by atoms with E-state index in [1.165, 1.54) is 23.7 Å². The van der Waals surface area contributed by atoms with E-state index in [4.69, 9.17) is 9.47 Å². The van der Waals surface area contributed by atoms with Crippen LogP contribution in [0.25, 0.3) is 5.70 Å². The number of ketones is 1. The quantitative estimate of drug-likeness (QED) is 0.325. The third kappa shape index (κ3) is 6.64. The van der Waals surface area contributed by atoms with Crippen molar-refractivity contribution in [2.24, 2.45) is 5.92 Å². The number of thioether (sulfide) groups is 1. The Morgan fingerprint density at radius 1 is 1.00 bits per heavy atom. The maximum absolute atomic E-state index is 14.0. The molecule has 2 aromatic carbocycles. The SMILES string of the molecule is COc1ccc(C2=CSC(C(C)C)C(=O)N2N(C(C)=O)[C@@H](Cc2ccccc2)C(=O)C(=O)OC(C)C)cc1. The van der Waals surface area contributed by atoms with E-state index in [-0.39, 0.29) is 18.2 Å². The standard InChI is InChI=1S/C29H34N2O6S/c1-18(2)27-28(34)31(25(17-38-27)22-12-14-23(36-6)15-13-22)30(20(5)32)24(16-21-10-8-7-9-11-21)26(33)29(35)37-19(3)4/h7-15,17-19,24,27H,16H2,1-6H3/t24-,27?/m0/s1. The summed E-state index contributed by atoms with van der Waals surface area (Å²) in [6, 6.07) is 14.8. The molecule has 1 unspecified atom stereocenters. The van der Waals surface area contributed by atoms with E-state index in [9.17, 15) is 19.2 Å². The van der Waals surface area contributed by atoms with Gasteiger partial charge in [0.15, 0.2) is 0 Å². The zero-order chi connectivity index (χ0) is 28.0. The van der Waals surface area contributed by atoms with Crippen molar-refractivity contribution >= 4 is 41.0 Å². The zero-order valence-corrected chi connectivity index (χ0v) is 23.4. The molecule has 3 rings (SSSR count). The Morgan fingerprint density at radius 2 is 1.63 bits per heavy atom. The molecule has 1 aliphatic heterocycles. The lowest BCUT2D eigenvalue weighted by atomic mass is 10.0. The van der Waals surface area contributed by atoms with Gasteiger partial charge in [-0.1, -0.05) is 44.2 Å². The Labute approximate surface area is 227 Å². The number of methoxy groups -OCH3 is 1. The molecule has 0 spiro atoms. The topological polar surface area (TPSA) is 93.2 Å². The molecule has 2 amide bonds. The van der Waals surface area contributed by atoms with E-state index in [1.807, 2.05) is 37.5 Å². The first-order valence-electron chi connectivity index (χ1n) is 12.5. The molecule has 0 aliphatic carbocycles. The van der Waals surface area contributed by atoms with Gasteiger partial charge in [0.25, 0.3) is 11.7 Å². The molecule has 1 aliphatic rings. The minimum absolute atomic E-state index is 0.0195. The molecule has 2 atom stereocenters. The van der Waals surface area contributed by atoms with Crippen LogP contribution in [0.4, 0.5) is 0 Å². The molecule has 0 bridgehead atoms. The molecule has 0 saturated carbocycles.